The van der Waals surface area contributed by atoms with Gasteiger partial charge in [0.2, 0.25) is 0 Å². The average molecular weight is 459 g/mol. The van der Waals surface area contributed by atoms with Gasteiger partial charge in [0.05, 0.1) is 12.6 Å². The van der Waals surface area contributed by atoms with E-state index in [1.165, 1.54) is 39.9 Å². The molecule has 3 heterocycles. The van der Waals surface area contributed by atoms with Gasteiger partial charge in [-0.15, -0.1) is 0 Å². The minimum atomic E-state index is -0.269. The van der Waals surface area contributed by atoms with Crippen LogP contribution in [-0.2, 0) is 32.7 Å². The molecule has 34 heavy (non-hydrogen) atoms. The molecular weight excluding hydrogens is 431 g/mol. The number of aliphatic hydroxyl groups excluding tert-OH is 1. The standard InChI is InChI=1S/C28H27FN2O3/c1-33-27-12-19-9-10-30-15-26-23(21-7-2-3-8-24(21)31(26)17-32)13-25(30)22(19)14-28(27)34-16-18-5-4-6-20(29)11-18/h2-8,11-12,14,25,32H,9-10,13,15-17H2,1H3. The number of rotatable bonds is 5. The Morgan fingerprint density at radius 1 is 1.06 bits per heavy atom. The number of hydrogen-bond acceptors (Lipinski definition) is 4. The highest BCUT2D eigenvalue weighted by Gasteiger charge is 2.35. The largest absolute Gasteiger partial charge is 0.493 e. The second-order valence-electron chi connectivity index (χ2n) is 9.07. The Morgan fingerprint density at radius 3 is 2.76 bits per heavy atom. The molecule has 0 amide bonds. The zero-order chi connectivity index (χ0) is 23.2. The van der Waals surface area contributed by atoms with Crippen LogP contribution in [0, 0.1) is 5.82 Å². The van der Waals surface area contributed by atoms with Gasteiger partial charge >= 0.3 is 0 Å². The normalized spacial score (nSPS) is 17.2. The lowest BCUT2D eigenvalue weighted by Crippen LogP contribution is -2.39. The summed E-state index contributed by atoms with van der Waals surface area (Å²) in [7, 11) is 1.66. The van der Waals surface area contributed by atoms with Crippen LogP contribution in [-0.4, -0.2) is 28.2 Å². The Morgan fingerprint density at radius 2 is 1.94 bits per heavy atom. The van der Waals surface area contributed by atoms with E-state index in [9.17, 15) is 9.50 Å². The summed E-state index contributed by atoms with van der Waals surface area (Å²) in [6, 6.07) is 19.2. The number of halogens is 1. The quantitative estimate of drug-likeness (QED) is 0.459. The lowest BCUT2D eigenvalue weighted by Gasteiger charge is -2.41. The molecule has 0 radical (unpaired) electrons. The van der Waals surface area contributed by atoms with E-state index in [0.29, 0.717) is 11.5 Å². The van der Waals surface area contributed by atoms with Gasteiger partial charge in [0.25, 0.3) is 0 Å². The molecule has 1 aromatic heterocycles. The van der Waals surface area contributed by atoms with Gasteiger partial charge in [-0.05, 0) is 65.4 Å². The fraction of sp³-hybridized carbons (Fsp3) is 0.286. The third-order valence-corrected chi connectivity index (χ3v) is 7.26. The van der Waals surface area contributed by atoms with Crippen LogP contribution in [0.5, 0.6) is 11.5 Å². The molecular formula is C28H27FN2O3. The second-order valence-corrected chi connectivity index (χ2v) is 9.07. The summed E-state index contributed by atoms with van der Waals surface area (Å²) in [4.78, 5) is 2.50. The summed E-state index contributed by atoms with van der Waals surface area (Å²) < 4.78 is 27.4. The van der Waals surface area contributed by atoms with Crippen molar-refractivity contribution in [2.45, 2.75) is 38.8 Å². The Bertz CT molecular complexity index is 1380. The summed E-state index contributed by atoms with van der Waals surface area (Å²) in [5.41, 5.74) is 6.93. The number of para-hydroxylation sites is 1. The van der Waals surface area contributed by atoms with Gasteiger partial charge in [-0.2, -0.15) is 0 Å². The van der Waals surface area contributed by atoms with Gasteiger partial charge in [-0.1, -0.05) is 30.3 Å². The van der Waals surface area contributed by atoms with Crippen LogP contribution in [0.2, 0.25) is 0 Å². The zero-order valence-electron chi connectivity index (χ0n) is 19.1. The molecule has 0 fully saturated rings. The van der Waals surface area contributed by atoms with E-state index in [0.717, 1.165) is 37.0 Å². The molecule has 6 heteroatoms. The first-order chi connectivity index (χ1) is 16.7. The molecule has 1 atom stereocenters. The number of methoxy groups -OCH3 is 1. The van der Waals surface area contributed by atoms with Crippen molar-refractivity contribution in [3.8, 4) is 11.5 Å². The van der Waals surface area contributed by atoms with Crippen molar-refractivity contribution in [3.05, 3.63) is 94.4 Å². The molecule has 3 aromatic carbocycles. The van der Waals surface area contributed by atoms with Crippen molar-refractivity contribution in [1.82, 2.24) is 9.47 Å². The first kappa shape index (κ1) is 21.2. The van der Waals surface area contributed by atoms with Crippen LogP contribution in [0.4, 0.5) is 4.39 Å². The van der Waals surface area contributed by atoms with Crippen LogP contribution in [0.1, 0.15) is 34.0 Å². The smallest absolute Gasteiger partial charge is 0.162 e. The molecule has 0 aliphatic carbocycles. The van der Waals surface area contributed by atoms with E-state index in [1.807, 2.05) is 16.7 Å². The number of aromatic nitrogens is 1. The van der Waals surface area contributed by atoms with Crippen molar-refractivity contribution in [1.29, 1.82) is 0 Å². The van der Waals surface area contributed by atoms with E-state index >= 15 is 0 Å². The lowest BCUT2D eigenvalue weighted by molar-refractivity contribution is 0.145. The van der Waals surface area contributed by atoms with Gasteiger partial charge in [-0.25, -0.2) is 4.39 Å². The molecule has 2 aliphatic heterocycles. The predicted octanol–water partition coefficient (Wildman–Crippen LogP) is 4.97. The number of benzene rings is 3. The van der Waals surface area contributed by atoms with Crippen LogP contribution < -0.4 is 9.47 Å². The van der Waals surface area contributed by atoms with E-state index in [4.69, 9.17) is 9.47 Å². The van der Waals surface area contributed by atoms with Crippen molar-refractivity contribution >= 4 is 10.9 Å². The molecule has 174 valence electrons. The maximum absolute atomic E-state index is 13.6. The van der Waals surface area contributed by atoms with Gasteiger partial charge in [0, 0.05) is 30.2 Å². The first-order valence-electron chi connectivity index (χ1n) is 11.7. The maximum Gasteiger partial charge on any atom is 0.162 e. The van der Waals surface area contributed by atoms with Crippen LogP contribution >= 0.6 is 0 Å². The SMILES string of the molecule is COc1cc2c(cc1OCc1cccc(F)c1)C1Cc3c(n(CO)c4ccccc34)CN1CC2. The van der Waals surface area contributed by atoms with Crippen LogP contribution in [0.15, 0.2) is 60.7 Å². The van der Waals surface area contributed by atoms with Crippen molar-refractivity contribution in [3.63, 3.8) is 0 Å². The summed E-state index contributed by atoms with van der Waals surface area (Å²) >= 11 is 0. The van der Waals surface area contributed by atoms with Gasteiger partial charge in [-0.3, -0.25) is 4.90 Å². The van der Waals surface area contributed by atoms with E-state index in [1.54, 1.807) is 13.2 Å². The highest BCUT2D eigenvalue weighted by atomic mass is 19.1. The van der Waals surface area contributed by atoms with E-state index in [-0.39, 0.29) is 25.2 Å². The van der Waals surface area contributed by atoms with Crippen LogP contribution in [0.25, 0.3) is 10.9 Å². The minimum Gasteiger partial charge on any atom is -0.493 e. The number of aliphatic hydroxyl groups is 1. The van der Waals surface area contributed by atoms with E-state index in [2.05, 4.69) is 35.2 Å². The second kappa shape index (κ2) is 8.46. The topological polar surface area (TPSA) is 46.9 Å². The first-order valence-corrected chi connectivity index (χ1v) is 11.7. The monoisotopic (exact) mass is 458 g/mol. The fourth-order valence-corrected chi connectivity index (χ4v) is 5.63. The molecule has 4 aromatic rings. The Hall–Kier alpha value is -3.35. The van der Waals surface area contributed by atoms with Crippen molar-refractivity contribution in [2.24, 2.45) is 0 Å². The number of nitrogens with zero attached hydrogens (tertiary/aromatic N) is 2. The Balaban J connectivity index is 1.37. The molecule has 0 saturated carbocycles. The fourth-order valence-electron chi connectivity index (χ4n) is 5.63. The molecule has 0 bridgehead atoms. The number of fused-ring (bicyclic) bond motifs is 6. The van der Waals surface area contributed by atoms with E-state index < -0.39 is 0 Å². The summed E-state index contributed by atoms with van der Waals surface area (Å²) in [5, 5.41) is 11.3. The van der Waals surface area contributed by atoms with Gasteiger partial charge in [0.15, 0.2) is 11.5 Å². The summed E-state index contributed by atoms with van der Waals surface area (Å²) in [5.74, 6) is 1.11. The van der Waals surface area contributed by atoms with Gasteiger partial charge in [0.1, 0.15) is 19.2 Å². The number of ether oxygens (including phenoxy) is 2. The maximum atomic E-state index is 13.6. The van der Waals surface area contributed by atoms with Crippen molar-refractivity contribution in [2.75, 3.05) is 13.7 Å². The highest BCUT2D eigenvalue weighted by molar-refractivity contribution is 5.86. The third kappa shape index (κ3) is 3.45. The molecule has 2 aliphatic rings. The summed E-state index contributed by atoms with van der Waals surface area (Å²) in [6.07, 6.45) is 1.81. The van der Waals surface area contributed by atoms with Crippen molar-refractivity contribution < 1.29 is 19.0 Å². The predicted molar refractivity (Wildman–Crippen MR) is 128 cm³/mol. The molecule has 1 N–H and O–H groups in total. The molecule has 0 saturated heterocycles. The minimum absolute atomic E-state index is 0.0137. The molecule has 1 unspecified atom stereocenters. The third-order valence-electron chi connectivity index (χ3n) is 7.26. The zero-order valence-corrected chi connectivity index (χ0v) is 19.1. The number of hydrogen-bond donors (Lipinski definition) is 1. The summed E-state index contributed by atoms with van der Waals surface area (Å²) in [6.45, 7) is 2.02. The Kier molecular flexibility index (Phi) is 5.27. The molecule has 0 spiro atoms. The van der Waals surface area contributed by atoms with Crippen LogP contribution in [0.3, 0.4) is 0 Å². The lowest BCUT2D eigenvalue weighted by atomic mass is 9.85. The highest BCUT2D eigenvalue weighted by Crippen LogP contribution is 2.44. The Labute approximate surface area is 198 Å². The molecule has 6 rings (SSSR count). The van der Waals surface area contributed by atoms with Gasteiger partial charge < -0.3 is 19.1 Å². The molecule has 5 nitrogen and oxygen atoms in total. The average Bonchev–Trinajstić information content (AvgIpc) is 3.18.